The van der Waals surface area contributed by atoms with E-state index in [1.165, 1.54) is 36.4 Å². The fraction of sp³-hybridized carbons (Fsp3) is 0. The number of hydrogen-bond acceptors (Lipinski definition) is 7. The Labute approximate surface area is 169 Å². The van der Waals surface area contributed by atoms with E-state index in [4.69, 9.17) is 0 Å². The maximum Gasteiger partial charge on any atom is 1.00 e. The second kappa shape index (κ2) is 7.65. The van der Waals surface area contributed by atoms with Gasteiger partial charge in [0.1, 0.15) is 5.52 Å². The van der Waals surface area contributed by atoms with Crippen molar-refractivity contribution in [2.24, 2.45) is 0 Å². The van der Waals surface area contributed by atoms with Crippen molar-refractivity contribution in [2.75, 3.05) is 0 Å². The van der Waals surface area contributed by atoms with Crippen LogP contribution in [0.4, 0.5) is 0 Å². The minimum atomic E-state index is -1.50. The molecular formula is C18H12NNaO6. The van der Waals surface area contributed by atoms with Crippen molar-refractivity contribution in [1.82, 2.24) is 4.98 Å². The Morgan fingerprint density at radius 1 is 0.923 bits per heavy atom. The summed E-state index contributed by atoms with van der Waals surface area (Å²) in [4.78, 5) is 15.2. The standard InChI is InChI=1S/C18H13NO6.Na/c20-13-7-9(8-14(21)17(13)23)1-4-11-5-2-10-3-6-12(18(24)25)16(22)15(10)19-11;/h1-8,20-23H,(H,24,25);/q;+1/p-1. The van der Waals surface area contributed by atoms with Crippen molar-refractivity contribution in [3.8, 4) is 23.0 Å². The van der Waals surface area contributed by atoms with Crippen molar-refractivity contribution in [2.45, 2.75) is 0 Å². The molecule has 0 fully saturated rings. The van der Waals surface area contributed by atoms with E-state index in [9.17, 15) is 30.3 Å². The number of carbonyl (C=O) groups excluding carboxylic acids is 1. The Balaban J connectivity index is 0.00000243. The van der Waals surface area contributed by atoms with Crippen molar-refractivity contribution in [3.63, 3.8) is 0 Å². The predicted molar refractivity (Wildman–Crippen MR) is 88.1 cm³/mol. The Hall–Kier alpha value is -2.74. The average Bonchev–Trinajstić information content (AvgIpc) is 2.58. The molecule has 7 nitrogen and oxygen atoms in total. The summed E-state index contributed by atoms with van der Waals surface area (Å²) in [6.45, 7) is 0. The van der Waals surface area contributed by atoms with E-state index < -0.39 is 29.0 Å². The van der Waals surface area contributed by atoms with Crippen LogP contribution in [0.3, 0.4) is 0 Å². The van der Waals surface area contributed by atoms with Gasteiger partial charge in [0.05, 0.1) is 11.7 Å². The second-order valence-corrected chi connectivity index (χ2v) is 5.30. The number of phenolic OH excluding ortho intramolecular Hbond substituents is 3. The molecule has 126 valence electrons. The zero-order valence-electron chi connectivity index (χ0n) is 13.7. The average molecular weight is 361 g/mol. The normalized spacial score (nSPS) is 10.8. The molecule has 4 N–H and O–H groups in total. The van der Waals surface area contributed by atoms with Crippen LogP contribution >= 0.6 is 0 Å². The largest absolute Gasteiger partial charge is 1.00 e. The molecule has 1 aromatic heterocycles. The quantitative estimate of drug-likeness (QED) is 0.333. The molecule has 8 heteroatoms. The number of aromatic hydroxyl groups is 4. The third-order valence-electron chi connectivity index (χ3n) is 3.62. The van der Waals surface area contributed by atoms with Gasteiger partial charge in [-0.05, 0) is 35.9 Å². The molecule has 2 aromatic carbocycles. The molecule has 3 aromatic rings. The molecule has 0 spiro atoms. The Morgan fingerprint density at radius 3 is 2.15 bits per heavy atom. The second-order valence-electron chi connectivity index (χ2n) is 5.30. The van der Waals surface area contributed by atoms with Crippen LogP contribution in [0.25, 0.3) is 23.1 Å². The van der Waals surface area contributed by atoms with Crippen LogP contribution in [0.15, 0.2) is 36.4 Å². The SMILES string of the molecule is O=C([O-])c1ccc2ccc(C=Cc3cc(O)c(O)c(O)c3)nc2c1O.[Na+]. The zero-order valence-corrected chi connectivity index (χ0v) is 15.7. The van der Waals surface area contributed by atoms with Gasteiger partial charge in [0.25, 0.3) is 0 Å². The number of hydrogen-bond donors (Lipinski definition) is 4. The monoisotopic (exact) mass is 361 g/mol. The first kappa shape index (κ1) is 19.6. The van der Waals surface area contributed by atoms with Crippen LogP contribution < -0.4 is 34.7 Å². The maximum absolute atomic E-state index is 11.0. The molecule has 3 rings (SSSR count). The molecular weight excluding hydrogens is 349 g/mol. The fourth-order valence-corrected chi connectivity index (χ4v) is 2.35. The number of fused-ring (bicyclic) bond motifs is 1. The first-order valence-corrected chi connectivity index (χ1v) is 7.14. The van der Waals surface area contributed by atoms with Crippen molar-refractivity contribution in [1.29, 1.82) is 0 Å². The van der Waals surface area contributed by atoms with E-state index in [0.717, 1.165) is 0 Å². The van der Waals surface area contributed by atoms with Gasteiger partial charge in [0, 0.05) is 10.9 Å². The number of carbonyl (C=O) groups is 1. The number of benzene rings is 2. The first-order valence-electron chi connectivity index (χ1n) is 7.14. The minimum absolute atomic E-state index is 0. The number of carboxylic acid groups (broad SMARTS) is 1. The van der Waals surface area contributed by atoms with Crippen LogP contribution in [0.2, 0.25) is 0 Å². The number of rotatable bonds is 3. The molecule has 0 aliphatic rings. The summed E-state index contributed by atoms with van der Waals surface area (Å²) in [7, 11) is 0. The van der Waals surface area contributed by atoms with Gasteiger partial charge in [-0.15, -0.1) is 0 Å². The van der Waals surface area contributed by atoms with Crippen LogP contribution in [0, 0.1) is 0 Å². The number of phenols is 4. The van der Waals surface area contributed by atoms with Gasteiger partial charge < -0.3 is 30.3 Å². The Bertz CT molecular complexity index is 1010. The molecule has 0 atom stereocenters. The van der Waals surface area contributed by atoms with Gasteiger partial charge in [-0.1, -0.05) is 18.2 Å². The van der Waals surface area contributed by atoms with Gasteiger partial charge in [0.15, 0.2) is 23.0 Å². The van der Waals surface area contributed by atoms with Crippen molar-refractivity contribution in [3.05, 3.63) is 53.2 Å². The van der Waals surface area contributed by atoms with Crippen LogP contribution in [0.1, 0.15) is 21.6 Å². The summed E-state index contributed by atoms with van der Waals surface area (Å²) in [5.74, 6) is -3.53. The molecule has 1 heterocycles. The topological polar surface area (TPSA) is 134 Å². The van der Waals surface area contributed by atoms with E-state index >= 15 is 0 Å². The molecule has 26 heavy (non-hydrogen) atoms. The van der Waals surface area contributed by atoms with Crippen LogP contribution in [-0.4, -0.2) is 31.4 Å². The molecule has 0 unspecified atom stereocenters. The molecule has 0 saturated carbocycles. The number of aromatic nitrogens is 1. The summed E-state index contributed by atoms with van der Waals surface area (Å²) < 4.78 is 0. The molecule has 0 bridgehead atoms. The van der Waals surface area contributed by atoms with Crippen molar-refractivity contribution < 1.29 is 59.9 Å². The summed E-state index contributed by atoms with van der Waals surface area (Å²) in [6.07, 6.45) is 3.06. The zero-order chi connectivity index (χ0) is 18.1. The van der Waals surface area contributed by atoms with E-state index in [-0.39, 0.29) is 40.6 Å². The van der Waals surface area contributed by atoms with Gasteiger partial charge >= 0.3 is 29.6 Å². The summed E-state index contributed by atoms with van der Waals surface area (Å²) in [5, 5.41) is 49.8. The number of aromatic carboxylic acids is 1. The van der Waals surface area contributed by atoms with E-state index in [0.29, 0.717) is 16.6 Å². The smallest absolute Gasteiger partial charge is 0.545 e. The van der Waals surface area contributed by atoms with E-state index in [2.05, 4.69) is 4.98 Å². The number of nitrogens with zero attached hydrogens (tertiary/aromatic N) is 1. The minimum Gasteiger partial charge on any atom is -0.545 e. The number of carboxylic acids is 1. The molecule has 0 aliphatic heterocycles. The molecule has 0 amide bonds. The molecule has 0 radical (unpaired) electrons. The van der Waals surface area contributed by atoms with E-state index in [1.54, 1.807) is 12.1 Å². The van der Waals surface area contributed by atoms with Crippen LogP contribution in [-0.2, 0) is 0 Å². The summed E-state index contributed by atoms with van der Waals surface area (Å²) >= 11 is 0. The Kier molecular flexibility index (Phi) is 5.76. The first-order chi connectivity index (χ1) is 11.9. The van der Waals surface area contributed by atoms with Gasteiger partial charge in [-0.2, -0.15) is 0 Å². The fourth-order valence-electron chi connectivity index (χ4n) is 2.35. The molecule has 0 aliphatic carbocycles. The number of pyridine rings is 1. The maximum atomic E-state index is 11.0. The van der Waals surface area contributed by atoms with Gasteiger partial charge in [-0.3, -0.25) is 0 Å². The van der Waals surface area contributed by atoms with E-state index in [1.807, 2.05) is 0 Å². The van der Waals surface area contributed by atoms with Gasteiger partial charge in [-0.25, -0.2) is 4.98 Å². The Morgan fingerprint density at radius 2 is 1.54 bits per heavy atom. The van der Waals surface area contributed by atoms with Crippen LogP contribution in [0.5, 0.6) is 23.0 Å². The molecule has 0 saturated heterocycles. The summed E-state index contributed by atoms with van der Waals surface area (Å²) in [6, 6.07) is 8.56. The predicted octanol–water partition coefficient (Wildman–Crippen LogP) is -1.40. The summed E-state index contributed by atoms with van der Waals surface area (Å²) in [5.41, 5.74) is 0.572. The third kappa shape index (κ3) is 3.75. The van der Waals surface area contributed by atoms with Gasteiger partial charge in [0.2, 0.25) is 0 Å². The van der Waals surface area contributed by atoms with Crippen molar-refractivity contribution >= 4 is 29.0 Å². The third-order valence-corrected chi connectivity index (χ3v) is 3.62.